The predicted molar refractivity (Wildman–Crippen MR) is 67.0 cm³/mol. The van der Waals surface area contributed by atoms with Crippen LogP contribution < -0.4 is 0 Å². The SMILES string of the molecule is CCN(CC)C(=O)[C@@H]1O[C@@H]1c1ccc(Cl)cc1. The summed E-state index contributed by atoms with van der Waals surface area (Å²) in [4.78, 5) is 13.8. The van der Waals surface area contributed by atoms with Gasteiger partial charge in [0.1, 0.15) is 6.10 Å². The van der Waals surface area contributed by atoms with Crippen LogP contribution in [0.25, 0.3) is 0 Å². The Balaban J connectivity index is 2.00. The molecule has 4 heteroatoms. The Kier molecular flexibility index (Phi) is 3.69. The maximum Gasteiger partial charge on any atom is 0.254 e. The van der Waals surface area contributed by atoms with Crippen molar-refractivity contribution in [3.8, 4) is 0 Å². The normalized spacial score (nSPS) is 22.3. The molecule has 0 radical (unpaired) electrons. The summed E-state index contributed by atoms with van der Waals surface area (Å²) in [5.41, 5.74) is 1.01. The van der Waals surface area contributed by atoms with Gasteiger partial charge in [-0.3, -0.25) is 4.79 Å². The van der Waals surface area contributed by atoms with Gasteiger partial charge in [-0.2, -0.15) is 0 Å². The van der Waals surface area contributed by atoms with Gasteiger partial charge in [-0.25, -0.2) is 0 Å². The zero-order chi connectivity index (χ0) is 12.4. The molecule has 1 fully saturated rings. The minimum absolute atomic E-state index is 0.0787. The van der Waals surface area contributed by atoms with Crippen molar-refractivity contribution in [2.24, 2.45) is 0 Å². The van der Waals surface area contributed by atoms with Crippen LogP contribution >= 0.6 is 11.6 Å². The molecule has 0 saturated carbocycles. The Morgan fingerprint density at radius 3 is 2.41 bits per heavy atom. The van der Waals surface area contributed by atoms with Gasteiger partial charge >= 0.3 is 0 Å². The van der Waals surface area contributed by atoms with Crippen molar-refractivity contribution in [2.75, 3.05) is 13.1 Å². The summed E-state index contributed by atoms with van der Waals surface area (Å²) < 4.78 is 5.46. The van der Waals surface area contributed by atoms with E-state index >= 15 is 0 Å². The van der Waals surface area contributed by atoms with E-state index in [-0.39, 0.29) is 18.1 Å². The molecule has 1 aromatic rings. The van der Waals surface area contributed by atoms with Crippen molar-refractivity contribution in [3.63, 3.8) is 0 Å². The minimum Gasteiger partial charge on any atom is -0.354 e. The zero-order valence-electron chi connectivity index (χ0n) is 10.0. The van der Waals surface area contributed by atoms with E-state index in [1.165, 1.54) is 0 Å². The molecule has 0 aromatic heterocycles. The van der Waals surface area contributed by atoms with Gasteiger partial charge in [0.2, 0.25) is 0 Å². The maximum atomic E-state index is 12.0. The summed E-state index contributed by atoms with van der Waals surface area (Å²) in [5.74, 6) is 0.0787. The van der Waals surface area contributed by atoms with E-state index in [1.807, 2.05) is 38.1 Å². The Morgan fingerprint density at radius 1 is 1.29 bits per heavy atom. The van der Waals surface area contributed by atoms with Gasteiger partial charge in [0.05, 0.1) is 0 Å². The summed E-state index contributed by atoms with van der Waals surface area (Å²) in [7, 11) is 0. The van der Waals surface area contributed by atoms with Crippen molar-refractivity contribution in [1.82, 2.24) is 4.90 Å². The maximum absolute atomic E-state index is 12.0. The molecule has 0 unspecified atom stereocenters. The van der Waals surface area contributed by atoms with Gasteiger partial charge in [-0.15, -0.1) is 0 Å². The molecule has 17 heavy (non-hydrogen) atoms. The largest absolute Gasteiger partial charge is 0.354 e. The average molecular weight is 254 g/mol. The lowest BCUT2D eigenvalue weighted by Gasteiger charge is -2.17. The second-order valence-corrected chi connectivity index (χ2v) is 4.48. The number of benzene rings is 1. The molecule has 1 saturated heterocycles. The molecule has 1 amide bonds. The fraction of sp³-hybridized carbons (Fsp3) is 0.462. The Morgan fingerprint density at radius 2 is 1.88 bits per heavy atom. The van der Waals surface area contributed by atoms with Gasteiger partial charge in [0.15, 0.2) is 6.10 Å². The first-order valence-corrected chi connectivity index (χ1v) is 6.24. The highest BCUT2D eigenvalue weighted by Gasteiger charge is 2.47. The fourth-order valence-corrected chi connectivity index (χ4v) is 2.05. The highest BCUT2D eigenvalue weighted by molar-refractivity contribution is 6.30. The number of likely N-dealkylation sites (N-methyl/N-ethyl adjacent to an activating group) is 1. The van der Waals surface area contributed by atoms with Crippen LogP contribution in [0.5, 0.6) is 0 Å². The number of epoxide rings is 1. The lowest BCUT2D eigenvalue weighted by Crippen LogP contribution is -2.34. The number of ether oxygens (including phenoxy) is 1. The molecule has 2 atom stereocenters. The lowest BCUT2D eigenvalue weighted by molar-refractivity contribution is -0.132. The molecule has 3 nitrogen and oxygen atoms in total. The van der Waals surface area contributed by atoms with Crippen molar-refractivity contribution in [2.45, 2.75) is 26.1 Å². The summed E-state index contributed by atoms with van der Waals surface area (Å²) >= 11 is 5.82. The van der Waals surface area contributed by atoms with E-state index in [0.29, 0.717) is 5.02 Å². The summed E-state index contributed by atoms with van der Waals surface area (Å²) in [5, 5.41) is 0.695. The minimum atomic E-state index is -0.309. The number of rotatable bonds is 4. The monoisotopic (exact) mass is 253 g/mol. The van der Waals surface area contributed by atoms with Crippen LogP contribution in [-0.4, -0.2) is 30.0 Å². The Hall–Kier alpha value is -1.06. The molecular formula is C13H16ClNO2. The second kappa shape index (κ2) is 5.07. The third kappa shape index (κ3) is 2.61. The molecule has 0 aliphatic carbocycles. The van der Waals surface area contributed by atoms with Crippen LogP contribution in [0.3, 0.4) is 0 Å². The molecule has 1 aliphatic heterocycles. The van der Waals surface area contributed by atoms with E-state index < -0.39 is 0 Å². The van der Waals surface area contributed by atoms with Crippen LogP contribution in [-0.2, 0) is 9.53 Å². The van der Waals surface area contributed by atoms with Crippen molar-refractivity contribution in [1.29, 1.82) is 0 Å². The van der Waals surface area contributed by atoms with Crippen molar-refractivity contribution < 1.29 is 9.53 Å². The lowest BCUT2D eigenvalue weighted by atomic mass is 10.1. The number of halogens is 1. The third-order valence-corrected chi connectivity index (χ3v) is 3.26. The number of amides is 1. The van der Waals surface area contributed by atoms with E-state index in [2.05, 4.69) is 0 Å². The number of hydrogen-bond acceptors (Lipinski definition) is 2. The van der Waals surface area contributed by atoms with Crippen LogP contribution in [0, 0.1) is 0 Å². The summed E-state index contributed by atoms with van der Waals surface area (Å²) in [6.45, 7) is 5.40. The first-order valence-electron chi connectivity index (χ1n) is 5.87. The van der Waals surface area contributed by atoms with Gasteiger partial charge in [0.25, 0.3) is 5.91 Å². The molecule has 1 aliphatic rings. The van der Waals surface area contributed by atoms with Crippen LogP contribution in [0.15, 0.2) is 24.3 Å². The Bertz CT molecular complexity index is 400. The summed E-state index contributed by atoms with van der Waals surface area (Å²) in [6.07, 6.45) is -0.406. The molecule has 0 N–H and O–H groups in total. The van der Waals surface area contributed by atoms with E-state index in [4.69, 9.17) is 16.3 Å². The zero-order valence-corrected chi connectivity index (χ0v) is 10.8. The van der Waals surface area contributed by atoms with Crippen molar-refractivity contribution in [3.05, 3.63) is 34.9 Å². The quantitative estimate of drug-likeness (QED) is 0.773. The van der Waals surface area contributed by atoms with Gasteiger partial charge in [-0.05, 0) is 31.5 Å². The van der Waals surface area contributed by atoms with Crippen LogP contribution in [0.4, 0.5) is 0 Å². The molecule has 0 bridgehead atoms. The topological polar surface area (TPSA) is 32.8 Å². The highest BCUT2D eigenvalue weighted by Crippen LogP contribution is 2.40. The molecule has 1 heterocycles. The number of carbonyl (C=O) groups is 1. The van der Waals surface area contributed by atoms with Crippen molar-refractivity contribution >= 4 is 17.5 Å². The van der Waals surface area contributed by atoms with E-state index in [0.717, 1.165) is 18.7 Å². The standard InChI is InChI=1S/C13H16ClNO2/c1-3-15(4-2)13(16)12-11(17-12)9-5-7-10(14)8-6-9/h5-8,11-12H,3-4H2,1-2H3/t11-,12-/m1/s1. The average Bonchev–Trinajstić information content (AvgIpc) is 3.11. The first-order chi connectivity index (χ1) is 8.17. The van der Waals surface area contributed by atoms with Gasteiger partial charge in [-0.1, -0.05) is 23.7 Å². The Labute approximate surface area is 106 Å². The smallest absolute Gasteiger partial charge is 0.254 e. The summed E-state index contributed by atoms with van der Waals surface area (Å²) in [6, 6.07) is 7.44. The first kappa shape index (κ1) is 12.4. The number of hydrogen-bond donors (Lipinski definition) is 0. The highest BCUT2D eigenvalue weighted by atomic mass is 35.5. The molecule has 0 spiro atoms. The van der Waals surface area contributed by atoms with Gasteiger partial charge in [0, 0.05) is 18.1 Å². The molecule has 92 valence electrons. The third-order valence-electron chi connectivity index (χ3n) is 3.01. The molecular weight excluding hydrogens is 238 g/mol. The van der Waals surface area contributed by atoms with E-state index in [1.54, 1.807) is 4.90 Å². The molecule has 2 rings (SSSR count). The van der Waals surface area contributed by atoms with Gasteiger partial charge < -0.3 is 9.64 Å². The molecule has 1 aromatic carbocycles. The number of nitrogens with zero attached hydrogens (tertiary/aromatic N) is 1. The second-order valence-electron chi connectivity index (χ2n) is 4.04. The predicted octanol–water partition coefficient (Wildman–Crippen LogP) is 2.65. The van der Waals surface area contributed by atoms with Crippen LogP contribution in [0.2, 0.25) is 5.02 Å². The van der Waals surface area contributed by atoms with E-state index in [9.17, 15) is 4.79 Å². The number of carbonyl (C=O) groups excluding carboxylic acids is 1. The van der Waals surface area contributed by atoms with Crippen LogP contribution in [0.1, 0.15) is 25.5 Å². The fourth-order valence-electron chi connectivity index (χ4n) is 1.92.